The first-order chi connectivity index (χ1) is 27.2. The van der Waals surface area contributed by atoms with Crippen molar-refractivity contribution < 1.29 is 28.6 Å². The molecule has 5 heterocycles. The molecule has 10 nitrogen and oxygen atoms in total. The third-order valence-corrected chi connectivity index (χ3v) is 12.7. The lowest BCUT2D eigenvalue weighted by Crippen LogP contribution is -2.52. The van der Waals surface area contributed by atoms with Crippen molar-refractivity contribution in [3.05, 3.63) is 119 Å². The highest BCUT2D eigenvalue weighted by Gasteiger charge is 2.40. The summed E-state index contributed by atoms with van der Waals surface area (Å²) >= 11 is 0. The van der Waals surface area contributed by atoms with E-state index in [1.807, 2.05) is 49.4 Å². The van der Waals surface area contributed by atoms with E-state index in [-0.39, 0.29) is 53.6 Å². The van der Waals surface area contributed by atoms with Crippen LogP contribution in [0.4, 0.5) is 15.8 Å². The molecule has 56 heavy (non-hydrogen) atoms. The fourth-order valence-corrected chi connectivity index (χ4v) is 9.79. The van der Waals surface area contributed by atoms with Crippen LogP contribution < -0.4 is 19.9 Å². The SMILES string of the molecule is C[C@H]1Oc2cc(O)ccc2[C@@H](c2ccc(N3CCC(CN4CCN(c5ccc6c(c5)CN(C5CCC(=O)NC5=O)C6=O)CC4)CC3)c(F)c2)[C@H]1c1ccccc1. The fraction of sp³-hybridized carbons (Fsp3) is 0.400. The minimum Gasteiger partial charge on any atom is -0.508 e. The average Bonchev–Trinajstić information content (AvgIpc) is 3.53. The Labute approximate surface area is 326 Å². The van der Waals surface area contributed by atoms with Crippen molar-refractivity contribution in [2.45, 2.75) is 63.1 Å². The first kappa shape index (κ1) is 36.2. The monoisotopic (exact) mass is 757 g/mol. The van der Waals surface area contributed by atoms with E-state index >= 15 is 4.39 Å². The molecule has 3 fully saturated rings. The number of hydrogen-bond donors (Lipinski definition) is 2. The van der Waals surface area contributed by atoms with Crippen molar-refractivity contribution in [1.29, 1.82) is 0 Å². The van der Waals surface area contributed by atoms with Crippen molar-refractivity contribution >= 4 is 29.1 Å². The van der Waals surface area contributed by atoms with Crippen LogP contribution in [0.2, 0.25) is 0 Å². The lowest BCUT2D eigenvalue weighted by molar-refractivity contribution is -0.136. The lowest BCUT2D eigenvalue weighted by atomic mass is 9.73. The number of fused-ring (bicyclic) bond motifs is 2. The predicted molar refractivity (Wildman–Crippen MR) is 212 cm³/mol. The molecular weight excluding hydrogens is 710 g/mol. The third kappa shape index (κ3) is 6.86. The number of carbonyl (C=O) groups is 3. The molecule has 1 unspecified atom stereocenters. The quantitative estimate of drug-likeness (QED) is 0.221. The number of amides is 3. The molecule has 4 aromatic carbocycles. The van der Waals surface area contributed by atoms with Gasteiger partial charge in [0.2, 0.25) is 11.8 Å². The minimum atomic E-state index is -0.609. The summed E-state index contributed by atoms with van der Waals surface area (Å²) in [5.74, 6) is 0.165. The summed E-state index contributed by atoms with van der Waals surface area (Å²) in [5.41, 5.74) is 6.30. The lowest BCUT2D eigenvalue weighted by Gasteiger charge is -2.40. The Morgan fingerprint density at radius 3 is 2.36 bits per heavy atom. The van der Waals surface area contributed by atoms with Crippen molar-refractivity contribution in [2.24, 2.45) is 5.92 Å². The van der Waals surface area contributed by atoms with E-state index < -0.39 is 6.04 Å². The number of benzene rings is 4. The number of rotatable bonds is 7. The average molecular weight is 758 g/mol. The number of piperazine rings is 1. The number of nitrogens with one attached hydrogen (secondary N) is 1. The summed E-state index contributed by atoms with van der Waals surface area (Å²) < 4.78 is 22.5. The van der Waals surface area contributed by atoms with Gasteiger partial charge in [-0.25, -0.2) is 4.39 Å². The molecule has 2 N–H and O–H groups in total. The molecule has 290 valence electrons. The first-order valence-corrected chi connectivity index (χ1v) is 20.0. The van der Waals surface area contributed by atoms with Gasteiger partial charge in [0.05, 0.1) is 5.69 Å². The Morgan fingerprint density at radius 2 is 1.61 bits per heavy atom. The van der Waals surface area contributed by atoms with Gasteiger partial charge in [-0.2, -0.15) is 0 Å². The van der Waals surface area contributed by atoms with E-state index in [1.54, 1.807) is 23.1 Å². The Balaban J connectivity index is 0.802. The summed E-state index contributed by atoms with van der Waals surface area (Å²) in [4.78, 5) is 46.0. The molecule has 0 bridgehead atoms. The number of phenols is 1. The predicted octanol–water partition coefficient (Wildman–Crippen LogP) is 6.03. The number of anilines is 2. The van der Waals surface area contributed by atoms with Crippen molar-refractivity contribution in [3.8, 4) is 11.5 Å². The molecule has 3 amide bonds. The second kappa shape index (κ2) is 14.9. The third-order valence-electron chi connectivity index (χ3n) is 12.7. The standard InChI is InChI=1S/C45H48FN5O5/c1-28-42(30-5-3-2-4-6-30)43(36-11-9-34(52)25-40(36)56-28)31-7-12-38(37(46)24-31)50-17-15-29(16-18-50)26-48-19-21-49(22-20-48)33-8-10-35-32(23-33)27-51(45(35)55)39-13-14-41(53)47-44(39)54/h2-12,23-25,28-29,39,42-43,52H,13-22,26-27H2,1H3,(H,47,53,54)/t28-,39?,42-,43-/m1/s1. The van der Waals surface area contributed by atoms with Gasteiger partial charge in [-0.3, -0.25) is 24.6 Å². The van der Waals surface area contributed by atoms with Crippen LogP contribution in [0.1, 0.15) is 77.1 Å². The van der Waals surface area contributed by atoms with Crippen molar-refractivity contribution in [2.75, 3.05) is 55.6 Å². The normalized spacial score (nSPS) is 24.5. The molecule has 11 heteroatoms. The number of nitrogens with zero attached hydrogens (tertiary/aromatic N) is 4. The first-order valence-electron chi connectivity index (χ1n) is 20.0. The molecular formula is C45H48FN5O5. The molecule has 5 aliphatic heterocycles. The van der Waals surface area contributed by atoms with Gasteiger partial charge in [-0.15, -0.1) is 0 Å². The highest BCUT2D eigenvalue weighted by Crippen LogP contribution is 2.50. The Hall–Kier alpha value is -5.42. The Morgan fingerprint density at radius 1 is 0.821 bits per heavy atom. The zero-order valence-corrected chi connectivity index (χ0v) is 31.7. The van der Waals surface area contributed by atoms with Gasteiger partial charge in [0, 0.05) is 93.5 Å². The van der Waals surface area contributed by atoms with Crippen LogP contribution >= 0.6 is 0 Å². The molecule has 0 saturated carbocycles. The molecule has 3 saturated heterocycles. The van der Waals surface area contributed by atoms with Crippen LogP contribution in [0.25, 0.3) is 0 Å². The van der Waals surface area contributed by atoms with E-state index in [2.05, 4.69) is 44.3 Å². The number of hydrogen-bond acceptors (Lipinski definition) is 8. The van der Waals surface area contributed by atoms with Gasteiger partial charge in [0.1, 0.15) is 29.5 Å². The smallest absolute Gasteiger partial charge is 0.255 e. The number of carbonyl (C=O) groups excluding carboxylic acids is 3. The van der Waals surface area contributed by atoms with Gasteiger partial charge in [-0.05, 0) is 85.2 Å². The van der Waals surface area contributed by atoms with E-state index in [4.69, 9.17) is 4.74 Å². The molecule has 0 spiro atoms. The van der Waals surface area contributed by atoms with E-state index in [1.165, 1.54) is 0 Å². The zero-order valence-electron chi connectivity index (χ0n) is 31.7. The van der Waals surface area contributed by atoms with Crippen LogP contribution in [0, 0.1) is 11.7 Å². The number of piperidine rings is 2. The van der Waals surface area contributed by atoms with Crippen molar-refractivity contribution in [3.63, 3.8) is 0 Å². The van der Waals surface area contributed by atoms with Gasteiger partial charge in [-0.1, -0.05) is 42.5 Å². The van der Waals surface area contributed by atoms with Crippen molar-refractivity contribution in [1.82, 2.24) is 15.1 Å². The van der Waals surface area contributed by atoms with Gasteiger partial charge < -0.3 is 24.5 Å². The zero-order chi connectivity index (χ0) is 38.5. The molecule has 0 radical (unpaired) electrons. The largest absolute Gasteiger partial charge is 0.508 e. The highest BCUT2D eigenvalue weighted by atomic mass is 19.1. The van der Waals surface area contributed by atoms with Crippen LogP contribution in [0.15, 0.2) is 84.9 Å². The van der Waals surface area contributed by atoms with Crippen LogP contribution in [-0.2, 0) is 16.1 Å². The van der Waals surface area contributed by atoms with Crippen LogP contribution in [0.5, 0.6) is 11.5 Å². The van der Waals surface area contributed by atoms with Crippen LogP contribution in [-0.4, -0.2) is 90.6 Å². The van der Waals surface area contributed by atoms with E-state index in [9.17, 15) is 19.5 Å². The Bertz CT molecular complexity index is 2150. The Kier molecular flexibility index (Phi) is 9.65. The number of imide groups is 1. The summed E-state index contributed by atoms with van der Waals surface area (Å²) in [6, 6.07) is 26.6. The molecule has 4 aromatic rings. The summed E-state index contributed by atoms with van der Waals surface area (Å²) in [7, 11) is 0. The molecule has 0 aliphatic carbocycles. The van der Waals surface area contributed by atoms with Gasteiger partial charge >= 0.3 is 0 Å². The molecule has 9 rings (SSSR count). The van der Waals surface area contributed by atoms with E-state index in [0.717, 1.165) is 86.6 Å². The molecule has 4 atom stereocenters. The number of ether oxygens (including phenoxy) is 1. The van der Waals surface area contributed by atoms with Gasteiger partial charge in [0.15, 0.2) is 0 Å². The number of halogens is 1. The maximum Gasteiger partial charge on any atom is 0.255 e. The summed E-state index contributed by atoms with van der Waals surface area (Å²) in [6.07, 6.45) is 2.45. The second-order valence-electron chi connectivity index (χ2n) is 16.1. The van der Waals surface area contributed by atoms with E-state index in [0.29, 0.717) is 35.9 Å². The number of aromatic hydroxyl groups is 1. The minimum absolute atomic E-state index is 0.0204. The maximum absolute atomic E-state index is 16.2. The number of phenolic OH excluding ortho intramolecular Hbond substituents is 1. The molecule has 5 aliphatic rings. The summed E-state index contributed by atoms with van der Waals surface area (Å²) in [5, 5.41) is 12.6. The maximum atomic E-state index is 16.2. The van der Waals surface area contributed by atoms with Gasteiger partial charge in [0.25, 0.3) is 5.91 Å². The molecule has 0 aromatic heterocycles. The second-order valence-corrected chi connectivity index (χ2v) is 16.1. The fourth-order valence-electron chi connectivity index (χ4n) is 9.79. The summed E-state index contributed by atoms with van der Waals surface area (Å²) in [6.45, 7) is 8.77. The highest BCUT2D eigenvalue weighted by molar-refractivity contribution is 6.05. The topological polar surface area (TPSA) is 106 Å². The van der Waals surface area contributed by atoms with Crippen LogP contribution in [0.3, 0.4) is 0 Å².